The predicted octanol–water partition coefficient (Wildman–Crippen LogP) is 2.69. The van der Waals surface area contributed by atoms with Crippen molar-refractivity contribution in [1.29, 1.82) is 0 Å². The summed E-state index contributed by atoms with van der Waals surface area (Å²) >= 11 is 0.997. The molecule has 0 aliphatic carbocycles. The van der Waals surface area contributed by atoms with E-state index in [2.05, 4.69) is 5.32 Å². The van der Waals surface area contributed by atoms with Crippen molar-refractivity contribution in [2.45, 2.75) is 11.7 Å². The maximum absolute atomic E-state index is 12.0. The molecule has 2 amide bonds. The van der Waals surface area contributed by atoms with Crippen LogP contribution in [0.2, 0.25) is 0 Å². The molecule has 1 aromatic carbocycles. The number of rotatable bonds is 5. The summed E-state index contributed by atoms with van der Waals surface area (Å²) in [6.45, 7) is 0. The van der Waals surface area contributed by atoms with Gasteiger partial charge >= 0.3 is 0 Å². The second kappa shape index (κ2) is 8.94. The second-order valence-corrected chi connectivity index (χ2v) is 6.17. The van der Waals surface area contributed by atoms with E-state index in [1.807, 2.05) is 0 Å². The van der Waals surface area contributed by atoms with Gasteiger partial charge in [-0.05, 0) is 36.3 Å². The van der Waals surface area contributed by atoms with Crippen molar-refractivity contribution >= 4 is 86.2 Å². The fourth-order valence-corrected chi connectivity index (χ4v) is 3.05. The van der Waals surface area contributed by atoms with Crippen LogP contribution in [0.5, 0.6) is 0 Å². The van der Waals surface area contributed by atoms with E-state index >= 15 is 0 Å². The van der Waals surface area contributed by atoms with Gasteiger partial charge in [-0.15, -0.1) is 0 Å². The summed E-state index contributed by atoms with van der Waals surface area (Å²) in [5.41, 5.74) is 1.45. The molecule has 1 fully saturated rings. The molecule has 1 radical (unpaired) electrons. The summed E-state index contributed by atoms with van der Waals surface area (Å²) in [6, 6.07) is 10.5. The van der Waals surface area contributed by atoms with Crippen molar-refractivity contribution in [3.05, 3.63) is 65.6 Å². The Kier molecular flexibility index (Phi) is 7.21. The summed E-state index contributed by atoms with van der Waals surface area (Å²) in [4.78, 5) is 34.7. The number of amides is 2. The zero-order chi connectivity index (χ0) is 16.2. The van der Waals surface area contributed by atoms with Crippen LogP contribution in [0.4, 0.5) is 4.79 Å². The van der Waals surface area contributed by atoms with Crippen LogP contribution in [0, 0.1) is 0 Å². The van der Waals surface area contributed by atoms with Gasteiger partial charge in [0, 0.05) is 56.9 Å². The number of nitrogens with one attached hydrogen (secondary N) is 1. The van der Waals surface area contributed by atoms with Gasteiger partial charge in [0.05, 0.1) is 11.5 Å². The molecular weight excluding hydrogens is 353 g/mol. The van der Waals surface area contributed by atoms with Crippen LogP contribution in [0.25, 0.3) is 6.08 Å². The number of thioether (sulfide) groups is 1. The molecule has 3 rings (SSSR count). The molecule has 5 nitrogen and oxygen atoms in total. The quantitative estimate of drug-likeness (QED) is 0.500. The normalized spacial score (nSPS) is 16.9. The van der Waals surface area contributed by atoms with E-state index in [4.69, 9.17) is 4.42 Å². The standard InChI is InChI=1S/C17H13NO4S.K/c19-14(8-7-13-2-1-9-22-13)12-5-3-11(4-6-12)10-15-16(20)18-17(21)23-15;/h1-9,15H,10H2,(H,18,20,21);. The number of hydrogen-bond donors (Lipinski definition) is 1. The minimum atomic E-state index is -0.400. The van der Waals surface area contributed by atoms with E-state index in [0.29, 0.717) is 17.7 Å². The van der Waals surface area contributed by atoms with Crippen LogP contribution in [0.1, 0.15) is 21.7 Å². The van der Waals surface area contributed by atoms with Crippen LogP contribution in [-0.2, 0) is 11.2 Å². The largest absolute Gasteiger partial charge is 0.465 e. The maximum Gasteiger partial charge on any atom is 0.286 e. The molecule has 117 valence electrons. The Labute approximate surface area is 185 Å². The summed E-state index contributed by atoms with van der Waals surface area (Å²) < 4.78 is 5.13. The first-order valence-electron chi connectivity index (χ1n) is 6.98. The zero-order valence-electron chi connectivity index (χ0n) is 13.0. The van der Waals surface area contributed by atoms with Crippen LogP contribution in [0.3, 0.4) is 0 Å². The number of imide groups is 1. The van der Waals surface area contributed by atoms with Crippen LogP contribution in [-0.4, -0.2) is 73.6 Å². The van der Waals surface area contributed by atoms with Gasteiger partial charge in [0.2, 0.25) is 5.91 Å². The summed E-state index contributed by atoms with van der Waals surface area (Å²) in [5.74, 6) is 0.224. The Morgan fingerprint density at radius 1 is 1.21 bits per heavy atom. The van der Waals surface area contributed by atoms with Crippen LogP contribution < -0.4 is 5.32 Å². The molecule has 1 N–H and O–H groups in total. The first-order valence-corrected chi connectivity index (χ1v) is 7.86. The number of hydrogen-bond acceptors (Lipinski definition) is 5. The van der Waals surface area contributed by atoms with Crippen molar-refractivity contribution < 1.29 is 18.8 Å². The number of carbonyl (C=O) groups is 3. The fraction of sp³-hybridized carbons (Fsp3) is 0.118. The van der Waals surface area contributed by atoms with Crippen LogP contribution >= 0.6 is 11.8 Å². The van der Waals surface area contributed by atoms with E-state index in [9.17, 15) is 14.4 Å². The maximum atomic E-state index is 12.0. The molecule has 7 heteroatoms. The Balaban J connectivity index is 0.00000208. The molecule has 2 heterocycles. The monoisotopic (exact) mass is 366 g/mol. The third-order valence-electron chi connectivity index (χ3n) is 3.37. The van der Waals surface area contributed by atoms with Crippen molar-refractivity contribution in [3.63, 3.8) is 0 Å². The molecule has 1 unspecified atom stereocenters. The Morgan fingerprint density at radius 3 is 2.54 bits per heavy atom. The van der Waals surface area contributed by atoms with E-state index in [0.717, 1.165) is 17.3 Å². The van der Waals surface area contributed by atoms with E-state index < -0.39 is 5.25 Å². The molecule has 1 aromatic heterocycles. The molecule has 1 aliphatic rings. The first kappa shape index (κ1) is 19.4. The van der Waals surface area contributed by atoms with Gasteiger partial charge in [-0.3, -0.25) is 19.7 Å². The SMILES string of the molecule is O=C1NC(=O)C(Cc2ccc(C(=O)C=Cc3ccco3)cc2)S1.[K]. The minimum Gasteiger partial charge on any atom is -0.465 e. The first-order chi connectivity index (χ1) is 11.1. The van der Waals surface area contributed by atoms with Crippen molar-refractivity contribution in [1.82, 2.24) is 5.32 Å². The predicted molar refractivity (Wildman–Crippen MR) is 92.9 cm³/mol. The Morgan fingerprint density at radius 2 is 1.96 bits per heavy atom. The second-order valence-electron chi connectivity index (χ2n) is 5.00. The van der Waals surface area contributed by atoms with Gasteiger partial charge in [0.25, 0.3) is 5.24 Å². The minimum absolute atomic E-state index is 0. The summed E-state index contributed by atoms with van der Waals surface area (Å²) in [6.07, 6.45) is 5.06. The molecule has 1 saturated heterocycles. The molecule has 24 heavy (non-hydrogen) atoms. The summed E-state index contributed by atoms with van der Waals surface area (Å²) in [7, 11) is 0. The molecular formula is C17H13KNO4S. The Hall–Kier alpha value is -0.964. The number of furan rings is 1. The van der Waals surface area contributed by atoms with Crippen molar-refractivity contribution in [2.75, 3.05) is 0 Å². The molecule has 0 bridgehead atoms. The fourth-order valence-electron chi connectivity index (χ4n) is 2.19. The van der Waals surface area contributed by atoms with E-state index in [-0.39, 0.29) is 68.3 Å². The van der Waals surface area contributed by atoms with Crippen molar-refractivity contribution in [2.24, 2.45) is 0 Å². The topological polar surface area (TPSA) is 76.4 Å². The third-order valence-corrected chi connectivity index (χ3v) is 4.35. The number of allylic oxidation sites excluding steroid dienone is 1. The van der Waals surface area contributed by atoms with Crippen LogP contribution in [0.15, 0.2) is 53.2 Å². The molecule has 1 atom stereocenters. The van der Waals surface area contributed by atoms with Gasteiger partial charge in [-0.25, -0.2) is 0 Å². The van der Waals surface area contributed by atoms with Gasteiger partial charge in [0.1, 0.15) is 5.76 Å². The average Bonchev–Trinajstić information content (AvgIpc) is 3.16. The smallest absolute Gasteiger partial charge is 0.286 e. The molecule has 2 aromatic rings. The average molecular weight is 366 g/mol. The third kappa shape index (κ3) is 5.01. The van der Waals surface area contributed by atoms with Gasteiger partial charge in [-0.2, -0.15) is 0 Å². The van der Waals surface area contributed by atoms with Gasteiger partial charge < -0.3 is 4.42 Å². The zero-order valence-corrected chi connectivity index (χ0v) is 17.0. The molecule has 0 spiro atoms. The van der Waals surface area contributed by atoms with Gasteiger partial charge in [0.15, 0.2) is 5.78 Å². The van der Waals surface area contributed by atoms with E-state index in [1.54, 1.807) is 48.7 Å². The molecule has 1 aliphatic heterocycles. The van der Waals surface area contributed by atoms with E-state index in [1.165, 1.54) is 6.08 Å². The number of ketones is 1. The summed E-state index contributed by atoms with van der Waals surface area (Å²) in [5, 5.41) is 1.55. The molecule has 0 saturated carbocycles. The van der Waals surface area contributed by atoms with Crippen molar-refractivity contribution in [3.8, 4) is 0 Å². The van der Waals surface area contributed by atoms with Gasteiger partial charge in [-0.1, -0.05) is 36.0 Å². The number of benzene rings is 1. The Bertz CT molecular complexity index is 768. The number of carbonyl (C=O) groups excluding carboxylic acids is 3.